The fraction of sp³-hybridized carbons (Fsp3) is 0.353. The van der Waals surface area contributed by atoms with Crippen LogP contribution in [0.4, 0.5) is 5.69 Å². The monoisotopic (exact) mass is 344 g/mol. The Morgan fingerprint density at radius 2 is 2.12 bits per heavy atom. The van der Waals surface area contributed by atoms with Gasteiger partial charge in [0.15, 0.2) is 4.75 Å². The Bertz CT molecular complexity index is 817. The van der Waals surface area contributed by atoms with E-state index in [1.807, 2.05) is 44.4 Å². The van der Waals surface area contributed by atoms with Crippen molar-refractivity contribution in [1.29, 1.82) is 0 Å². The molecule has 7 heteroatoms. The molecular formula is C17H20N4O2S. The van der Waals surface area contributed by atoms with E-state index >= 15 is 0 Å². The molecule has 0 bridgehead atoms. The second-order valence-electron chi connectivity index (χ2n) is 6.16. The quantitative estimate of drug-likeness (QED) is 0.867. The van der Waals surface area contributed by atoms with Crippen LogP contribution in [-0.2, 0) is 23.2 Å². The number of amides is 2. The lowest BCUT2D eigenvalue weighted by atomic mass is 10.1. The highest BCUT2D eigenvalue weighted by Gasteiger charge is 2.47. The van der Waals surface area contributed by atoms with Crippen molar-refractivity contribution in [3.63, 3.8) is 0 Å². The summed E-state index contributed by atoms with van der Waals surface area (Å²) in [7, 11) is 3.56. The Labute approximate surface area is 145 Å². The van der Waals surface area contributed by atoms with E-state index in [0.29, 0.717) is 6.54 Å². The highest BCUT2D eigenvalue weighted by Crippen LogP contribution is 2.43. The molecule has 0 saturated carbocycles. The molecule has 1 atom stereocenters. The molecule has 2 aromatic rings. The number of aryl methyl sites for hydroxylation is 2. The third kappa shape index (κ3) is 2.80. The summed E-state index contributed by atoms with van der Waals surface area (Å²) in [6, 6.07) is 7.52. The van der Waals surface area contributed by atoms with Crippen LogP contribution < -0.4 is 5.32 Å². The van der Waals surface area contributed by atoms with Gasteiger partial charge in [0.1, 0.15) is 0 Å². The number of para-hydroxylation sites is 1. The van der Waals surface area contributed by atoms with Crippen LogP contribution in [0.3, 0.4) is 0 Å². The van der Waals surface area contributed by atoms with E-state index in [2.05, 4.69) is 10.4 Å². The van der Waals surface area contributed by atoms with Gasteiger partial charge >= 0.3 is 0 Å². The summed E-state index contributed by atoms with van der Waals surface area (Å²) in [6.07, 6.45) is 1.89. The number of fused-ring (bicyclic) bond motifs is 1. The van der Waals surface area contributed by atoms with E-state index in [1.165, 1.54) is 11.8 Å². The summed E-state index contributed by atoms with van der Waals surface area (Å²) in [6.45, 7) is 4.01. The Morgan fingerprint density at radius 1 is 1.42 bits per heavy atom. The smallest absolute Gasteiger partial charge is 0.250 e. The third-order valence-electron chi connectivity index (χ3n) is 4.16. The molecular weight excluding hydrogens is 324 g/mol. The van der Waals surface area contributed by atoms with Crippen molar-refractivity contribution in [2.45, 2.75) is 30.0 Å². The van der Waals surface area contributed by atoms with Gasteiger partial charge in [-0.1, -0.05) is 23.9 Å². The number of hydrogen-bond donors (Lipinski definition) is 1. The first kappa shape index (κ1) is 16.6. The van der Waals surface area contributed by atoms with Crippen molar-refractivity contribution >= 4 is 29.3 Å². The molecule has 0 fully saturated rings. The fourth-order valence-electron chi connectivity index (χ4n) is 2.80. The summed E-state index contributed by atoms with van der Waals surface area (Å²) >= 11 is 1.30. The molecule has 2 heterocycles. The van der Waals surface area contributed by atoms with Crippen molar-refractivity contribution in [1.82, 2.24) is 14.7 Å². The predicted molar refractivity (Wildman–Crippen MR) is 93.8 cm³/mol. The molecule has 2 amide bonds. The first-order chi connectivity index (χ1) is 11.3. The standard InChI is InChI=1S/C17H20N4O2S/c1-11-12(10-21(4)19-11)9-20(3)16(23)17(2)15(22)18-13-7-5-6-8-14(13)24-17/h5-8,10H,9H2,1-4H3,(H,18,22)/t17-/m0/s1. The summed E-state index contributed by atoms with van der Waals surface area (Å²) in [4.78, 5) is 28.0. The van der Waals surface area contributed by atoms with Gasteiger partial charge in [-0.2, -0.15) is 5.10 Å². The van der Waals surface area contributed by atoms with Crippen LogP contribution >= 0.6 is 11.8 Å². The number of anilines is 1. The van der Waals surface area contributed by atoms with Crippen molar-refractivity contribution in [3.8, 4) is 0 Å². The number of nitrogens with one attached hydrogen (secondary N) is 1. The molecule has 126 valence electrons. The van der Waals surface area contributed by atoms with Gasteiger partial charge < -0.3 is 10.2 Å². The zero-order valence-corrected chi connectivity index (χ0v) is 15.0. The van der Waals surface area contributed by atoms with Crippen LogP contribution in [0.15, 0.2) is 35.4 Å². The summed E-state index contributed by atoms with van der Waals surface area (Å²) in [5.74, 6) is -0.506. The van der Waals surface area contributed by atoms with Crippen LogP contribution in [0.2, 0.25) is 0 Å². The zero-order chi connectivity index (χ0) is 17.5. The van der Waals surface area contributed by atoms with E-state index < -0.39 is 4.75 Å². The molecule has 1 N–H and O–H groups in total. The van der Waals surface area contributed by atoms with Crippen molar-refractivity contribution in [3.05, 3.63) is 41.7 Å². The van der Waals surface area contributed by atoms with Crippen molar-refractivity contribution in [2.75, 3.05) is 12.4 Å². The minimum absolute atomic E-state index is 0.220. The van der Waals surface area contributed by atoms with Crippen LogP contribution in [-0.4, -0.2) is 38.3 Å². The van der Waals surface area contributed by atoms with Crippen LogP contribution in [0.1, 0.15) is 18.2 Å². The molecule has 6 nitrogen and oxygen atoms in total. The highest BCUT2D eigenvalue weighted by molar-refractivity contribution is 8.02. The Kier molecular flexibility index (Phi) is 4.13. The van der Waals surface area contributed by atoms with E-state index in [4.69, 9.17) is 0 Å². The maximum atomic E-state index is 13.0. The lowest BCUT2D eigenvalue weighted by Crippen LogP contribution is -2.52. The lowest BCUT2D eigenvalue weighted by molar-refractivity contribution is -0.137. The minimum Gasteiger partial charge on any atom is -0.340 e. The lowest BCUT2D eigenvalue weighted by Gasteiger charge is -2.34. The van der Waals surface area contributed by atoms with Gasteiger partial charge in [0, 0.05) is 37.3 Å². The number of carbonyl (C=O) groups excluding carboxylic acids is 2. The average Bonchev–Trinajstić information content (AvgIpc) is 2.85. The van der Waals surface area contributed by atoms with Crippen molar-refractivity contribution in [2.24, 2.45) is 7.05 Å². The number of thioether (sulfide) groups is 1. The highest BCUT2D eigenvalue weighted by atomic mass is 32.2. The molecule has 1 aliphatic rings. The number of nitrogens with zero attached hydrogens (tertiary/aromatic N) is 3. The summed E-state index contributed by atoms with van der Waals surface area (Å²) in [5.41, 5.74) is 2.61. The maximum absolute atomic E-state index is 13.0. The topological polar surface area (TPSA) is 67.2 Å². The first-order valence-corrected chi connectivity index (χ1v) is 8.47. The fourth-order valence-corrected chi connectivity index (χ4v) is 4.01. The van der Waals surface area contributed by atoms with E-state index in [1.54, 1.807) is 23.6 Å². The number of benzene rings is 1. The van der Waals surface area contributed by atoms with Crippen molar-refractivity contribution < 1.29 is 9.59 Å². The number of hydrogen-bond acceptors (Lipinski definition) is 4. The molecule has 0 aliphatic carbocycles. The van der Waals surface area contributed by atoms with Gasteiger partial charge in [0.05, 0.1) is 11.4 Å². The number of carbonyl (C=O) groups is 2. The van der Waals surface area contributed by atoms with Crippen LogP contribution in [0.5, 0.6) is 0 Å². The number of rotatable bonds is 3. The molecule has 1 aliphatic heterocycles. The minimum atomic E-state index is -1.18. The molecule has 24 heavy (non-hydrogen) atoms. The van der Waals surface area contributed by atoms with Gasteiger partial charge in [-0.3, -0.25) is 14.3 Å². The van der Waals surface area contributed by atoms with Crippen LogP contribution in [0.25, 0.3) is 0 Å². The van der Waals surface area contributed by atoms with Gasteiger partial charge in [-0.25, -0.2) is 0 Å². The normalized spacial score (nSPS) is 19.6. The van der Waals surface area contributed by atoms with E-state index in [-0.39, 0.29) is 11.8 Å². The summed E-state index contributed by atoms with van der Waals surface area (Å²) < 4.78 is 0.544. The Hall–Kier alpha value is -2.28. The summed E-state index contributed by atoms with van der Waals surface area (Å²) in [5, 5.41) is 7.13. The molecule has 1 aromatic heterocycles. The molecule has 0 radical (unpaired) electrons. The van der Waals surface area contributed by atoms with Gasteiger partial charge in [-0.05, 0) is 26.0 Å². The average molecular weight is 344 g/mol. The molecule has 0 saturated heterocycles. The predicted octanol–water partition coefficient (Wildman–Crippen LogP) is 2.19. The van der Waals surface area contributed by atoms with E-state index in [9.17, 15) is 9.59 Å². The second kappa shape index (κ2) is 5.98. The third-order valence-corrected chi connectivity index (χ3v) is 5.50. The number of aromatic nitrogens is 2. The largest absolute Gasteiger partial charge is 0.340 e. The molecule has 1 aromatic carbocycles. The van der Waals surface area contributed by atoms with Gasteiger partial charge in [0.25, 0.3) is 0 Å². The molecule has 3 rings (SSSR count). The molecule has 0 unspecified atom stereocenters. The molecule has 0 spiro atoms. The second-order valence-corrected chi connectivity index (χ2v) is 7.62. The van der Waals surface area contributed by atoms with Crippen LogP contribution in [0, 0.1) is 6.92 Å². The van der Waals surface area contributed by atoms with Gasteiger partial charge in [-0.15, -0.1) is 0 Å². The maximum Gasteiger partial charge on any atom is 0.250 e. The SMILES string of the molecule is Cc1nn(C)cc1CN(C)C(=O)[C@@]1(C)Sc2ccccc2NC1=O. The Morgan fingerprint density at radius 3 is 2.79 bits per heavy atom. The van der Waals surface area contributed by atoms with Gasteiger partial charge in [0.2, 0.25) is 11.8 Å². The zero-order valence-electron chi connectivity index (χ0n) is 14.2. The van der Waals surface area contributed by atoms with E-state index in [0.717, 1.165) is 21.8 Å². The first-order valence-electron chi connectivity index (χ1n) is 7.65. The Balaban J connectivity index is 1.83.